The molecule has 1 aromatic heterocycles. The van der Waals surface area contributed by atoms with Crippen LogP contribution in [0.2, 0.25) is 0 Å². The fraction of sp³-hybridized carbons (Fsp3) is 0.385. The molecule has 0 radical (unpaired) electrons. The number of aryl methyl sites for hydroxylation is 4. The van der Waals surface area contributed by atoms with Crippen molar-refractivity contribution in [3.63, 3.8) is 0 Å². The number of benzene rings is 2. The second kappa shape index (κ2) is 8.77. The van der Waals surface area contributed by atoms with E-state index in [-0.39, 0.29) is 6.10 Å². The minimum Gasteiger partial charge on any atom is -0.393 e. The van der Waals surface area contributed by atoms with Gasteiger partial charge in [-0.05, 0) is 70.2 Å². The first kappa shape index (κ1) is 21.0. The highest BCUT2D eigenvalue weighted by molar-refractivity contribution is 6.12. The predicted molar refractivity (Wildman–Crippen MR) is 124 cm³/mol. The van der Waals surface area contributed by atoms with Crippen LogP contribution < -0.4 is 0 Å². The van der Waals surface area contributed by atoms with Crippen LogP contribution >= 0.6 is 0 Å². The summed E-state index contributed by atoms with van der Waals surface area (Å²) in [4.78, 5) is 10.7. The summed E-state index contributed by atoms with van der Waals surface area (Å²) in [5.74, 6) is 0. The zero-order valence-electron chi connectivity index (χ0n) is 18.8. The molecule has 0 aliphatic carbocycles. The van der Waals surface area contributed by atoms with Crippen LogP contribution in [0, 0.1) is 27.7 Å². The average molecular weight is 389 g/mol. The molecular weight excluding hydrogens is 356 g/mol. The quantitative estimate of drug-likeness (QED) is 0.334. The standard InChI is InChI=1S/C26H32N2O/c1-8-20(7)29-28-24(9-2)23-15-19(6)27-26-21(23)11-10-12-22(26)25-17(4)13-16(3)14-18(25)5/h10-15,20H,8-9H2,1-7H3/b28-24+. The normalized spacial score (nSPS) is 13.0. The highest BCUT2D eigenvalue weighted by atomic mass is 16.6. The minimum atomic E-state index is 0.110. The number of hydrogen-bond donors (Lipinski definition) is 0. The van der Waals surface area contributed by atoms with Crippen molar-refractivity contribution in [2.24, 2.45) is 5.16 Å². The van der Waals surface area contributed by atoms with E-state index in [0.717, 1.165) is 40.7 Å². The van der Waals surface area contributed by atoms with Crippen molar-refractivity contribution in [1.29, 1.82) is 0 Å². The van der Waals surface area contributed by atoms with E-state index in [9.17, 15) is 0 Å². The van der Waals surface area contributed by atoms with Gasteiger partial charge in [-0.15, -0.1) is 0 Å². The number of oxime groups is 1. The third-order valence-electron chi connectivity index (χ3n) is 5.48. The summed E-state index contributed by atoms with van der Waals surface area (Å²) in [5, 5.41) is 5.64. The minimum absolute atomic E-state index is 0.110. The molecule has 3 rings (SSSR count). The Morgan fingerprint density at radius 3 is 2.34 bits per heavy atom. The van der Waals surface area contributed by atoms with Crippen LogP contribution in [0.5, 0.6) is 0 Å². The number of pyridine rings is 1. The first-order valence-electron chi connectivity index (χ1n) is 10.6. The molecule has 152 valence electrons. The molecule has 0 aliphatic rings. The predicted octanol–water partition coefficient (Wildman–Crippen LogP) is 7.06. The number of para-hydroxylation sites is 1. The Morgan fingerprint density at radius 2 is 1.72 bits per heavy atom. The monoisotopic (exact) mass is 388 g/mol. The SMILES string of the molecule is CC/C(=N\OC(C)CC)c1cc(C)nc2c(-c3c(C)cc(C)cc3C)cccc12. The molecule has 2 aromatic carbocycles. The maximum Gasteiger partial charge on any atom is 0.124 e. The molecule has 1 unspecified atom stereocenters. The van der Waals surface area contributed by atoms with Gasteiger partial charge in [0.15, 0.2) is 0 Å². The van der Waals surface area contributed by atoms with Crippen LogP contribution in [0.15, 0.2) is 41.6 Å². The smallest absolute Gasteiger partial charge is 0.124 e. The van der Waals surface area contributed by atoms with Gasteiger partial charge in [-0.3, -0.25) is 4.98 Å². The maximum atomic E-state index is 5.72. The van der Waals surface area contributed by atoms with E-state index in [1.807, 2.05) is 6.92 Å². The fourth-order valence-electron chi connectivity index (χ4n) is 3.95. The van der Waals surface area contributed by atoms with Gasteiger partial charge in [-0.2, -0.15) is 0 Å². The van der Waals surface area contributed by atoms with E-state index in [0.29, 0.717) is 0 Å². The van der Waals surface area contributed by atoms with Crippen molar-refractivity contribution in [1.82, 2.24) is 4.98 Å². The summed E-state index contributed by atoms with van der Waals surface area (Å²) >= 11 is 0. The molecular formula is C26H32N2O. The number of aromatic nitrogens is 1. The van der Waals surface area contributed by atoms with E-state index in [1.165, 1.54) is 27.8 Å². The van der Waals surface area contributed by atoms with Gasteiger partial charge >= 0.3 is 0 Å². The second-order valence-electron chi connectivity index (χ2n) is 8.00. The molecule has 3 nitrogen and oxygen atoms in total. The zero-order valence-corrected chi connectivity index (χ0v) is 18.8. The summed E-state index contributed by atoms with van der Waals surface area (Å²) in [5.41, 5.74) is 10.4. The summed E-state index contributed by atoms with van der Waals surface area (Å²) < 4.78 is 0. The average Bonchev–Trinajstić information content (AvgIpc) is 2.67. The Bertz CT molecular complexity index is 1040. The fourth-order valence-corrected chi connectivity index (χ4v) is 3.95. The van der Waals surface area contributed by atoms with Crippen LogP contribution in [0.3, 0.4) is 0 Å². The van der Waals surface area contributed by atoms with Crippen molar-refractivity contribution in [3.8, 4) is 11.1 Å². The second-order valence-corrected chi connectivity index (χ2v) is 8.00. The number of rotatable bonds is 6. The molecule has 1 heterocycles. The van der Waals surface area contributed by atoms with E-state index in [4.69, 9.17) is 9.82 Å². The topological polar surface area (TPSA) is 34.5 Å². The van der Waals surface area contributed by atoms with Gasteiger partial charge in [0, 0.05) is 22.2 Å². The van der Waals surface area contributed by atoms with Gasteiger partial charge in [-0.25, -0.2) is 0 Å². The summed E-state index contributed by atoms with van der Waals surface area (Å²) in [7, 11) is 0. The first-order chi connectivity index (χ1) is 13.8. The van der Waals surface area contributed by atoms with Crippen LogP contribution in [0.25, 0.3) is 22.0 Å². The molecule has 0 saturated heterocycles. The highest BCUT2D eigenvalue weighted by Crippen LogP contribution is 2.34. The molecule has 3 aromatic rings. The molecule has 0 bridgehead atoms. The lowest BCUT2D eigenvalue weighted by molar-refractivity contribution is 0.0697. The Balaban J connectivity index is 2.26. The Hall–Kier alpha value is -2.68. The van der Waals surface area contributed by atoms with Gasteiger partial charge in [0.2, 0.25) is 0 Å². The largest absolute Gasteiger partial charge is 0.393 e. The van der Waals surface area contributed by atoms with Gasteiger partial charge in [0.25, 0.3) is 0 Å². The lowest BCUT2D eigenvalue weighted by Crippen LogP contribution is -2.08. The van der Waals surface area contributed by atoms with Crippen molar-refractivity contribution < 1.29 is 4.84 Å². The molecule has 0 aliphatic heterocycles. The van der Waals surface area contributed by atoms with Crippen molar-refractivity contribution >= 4 is 16.6 Å². The first-order valence-corrected chi connectivity index (χ1v) is 10.6. The molecule has 0 fully saturated rings. The number of fused-ring (bicyclic) bond motifs is 1. The molecule has 29 heavy (non-hydrogen) atoms. The summed E-state index contributed by atoms with van der Waals surface area (Å²) in [6, 6.07) is 13.1. The van der Waals surface area contributed by atoms with Crippen LogP contribution in [0.4, 0.5) is 0 Å². The van der Waals surface area contributed by atoms with E-state index >= 15 is 0 Å². The van der Waals surface area contributed by atoms with Gasteiger partial charge in [0.1, 0.15) is 6.10 Å². The Labute approximate surface area is 174 Å². The summed E-state index contributed by atoms with van der Waals surface area (Å²) in [6.07, 6.45) is 1.85. The molecule has 1 atom stereocenters. The molecule has 0 saturated carbocycles. The molecule has 3 heteroatoms. The van der Waals surface area contributed by atoms with Crippen LogP contribution in [0.1, 0.15) is 61.6 Å². The zero-order chi connectivity index (χ0) is 21.1. The van der Waals surface area contributed by atoms with E-state index < -0.39 is 0 Å². The van der Waals surface area contributed by atoms with E-state index in [1.54, 1.807) is 0 Å². The highest BCUT2D eigenvalue weighted by Gasteiger charge is 2.16. The Kier molecular flexibility index (Phi) is 6.36. The Morgan fingerprint density at radius 1 is 1.03 bits per heavy atom. The van der Waals surface area contributed by atoms with Crippen molar-refractivity contribution in [2.45, 2.75) is 67.4 Å². The van der Waals surface area contributed by atoms with Gasteiger partial charge in [-0.1, -0.05) is 54.9 Å². The molecule has 0 spiro atoms. The summed E-state index contributed by atoms with van der Waals surface area (Å²) in [6.45, 7) is 14.8. The lowest BCUT2D eigenvalue weighted by atomic mass is 9.90. The van der Waals surface area contributed by atoms with Crippen LogP contribution in [-0.2, 0) is 4.84 Å². The lowest BCUT2D eigenvalue weighted by Gasteiger charge is -2.16. The maximum absolute atomic E-state index is 5.72. The van der Waals surface area contributed by atoms with Crippen molar-refractivity contribution in [2.75, 3.05) is 0 Å². The third kappa shape index (κ3) is 4.34. The van der Waals surface area contributed by atoms with Gasteiger partial charge in [0.05, 0.1) is 11.2 Å². The number of nitrogens with zero attached hydrogens (tertiary/aromatic N) is 2. The van der Waals surface area contributed by atoms with Crippen LogP contribution in [-0.4, -0.2) is 16.8 Å². The van der Waals surface area contributed by atoms with Gasteiger partial charge < -0.3 is 4.84 Å². The van der Waals surface area contributed by atoms with E-state index in [2.05, 4.69) is 83.1 Å². The molecule has 0 amide bonds. The third-order valence-corrected chi connectivity index (χ3v) is 5.48. The molecule has 0 N–H and O–H groups in total. The van der Waals surface area contributed by atoms with Crippen molar-refractivity contribution in [3.05, 3.63) is 64.3 Å². The number of hydrogen-bond acceptors (Lipinski definition) is 3.